The van der Waals surface area contributed by atoms with Crippen molar-refractivity contribution in [2.24, 2.45) is 22.4 Å². The van der Waals surface area contributed by atoms with Gasteiger partial charge >= 0.3 is 0 Å². The Morgan fingerprint density at radius 3 is 2.91 bits per heavy atom. The average molecular weight is 298 g/mol. The first-order chi connectivity index (χ1) is 10.6. The summed E-state index contributed by atoms with van der Waals surface area (Å²) < 4.78 is 0. The van der Waals surface area contributed by atoms with Crippen molar-refractivity contribution in [2.75, 3.05) is 7.05 Å². The molecule has 3 nitrogen and oxygen atoms in total. The van der Waals surface area contributed by atoms with E-state index in [0.717, 1.165) is 24.7 Å². The summed E-state index contributed by atoms with van der Waals surface area (Å²) in [4.78, 5) is 0. The third kappa shape index (κ3) is 1.90. The molecule has 4 atom stereocenters. The third-order valence-corrected chi connectivity index (χ3v) is 6.70. The van der Waals surface area contributed by atoms with Crippen LogP contribution >= 0.6 is 0 Å². The fourth-order valence-electron chi connectivity index (χ4n) is 5.68. The second-order valence-corrected chi connectivity index (χ2v) is 7.58. The van der Waals surface area contributed by atoms with Crippen LogP contribution in [0.2, 0.25) is 0 Å². The number of nitrogens with zero attached hydrogens (tertiary/aromatic N) is 1. The minimum atomic E-state index is 0.304. The molecule has 2 N–H and O–H groups in total. The summed E-state index contributed by atoms with van der Waals surface area (Å²) in [5.41, 5.74) is 7.62. The fourth-order valence-corrected chi connectivity index (χ4v) is 5.68. The number of aryl methyl sites for hydroxylation is 1. The molecule has 22 heavy (non-hydrogen) atoms. The first-order valence-corrected chi connectivity index (χ1v) is 8.69. The highest BCUT2D eigenvalue weighted by atomic mass is 16.3. The largest absolute Gasteiger partial charge is 0.508 e. The van der Waals surface area contributed by atoms with Crippen LogP contribution in [0.1, 0.15) is 56.1 Å². The summed E-state index contributed by atoms with van der Waals surface area (Å²) in [6.45, 7) is 2.45. The Morgan fingerprint density at radius 1 is 1.23 bits per heavy atom. The lowest BCUT2D eigenvalue weighted by Gasteiger charge is -2.49. The molecular weight excluding hydrogens is 272 g/mol. The zero-order chi connectivity index (χ0) is 15.3. The van der Waals surface area contributed by atoms with Gasteiger partial charge in [-0.05, 0) is 79.5 Å². The van der Waals surface area contributed by atoms with Gasteiger partial charge in [-0.3, -0.25) is 0 Å². The van der Waals surface area contributed by atoms with Gasteiger partial charge < -0.3 is 10.5 Å². The SMILES string of the molecule is CN/N=C1/CC[C@H]2[C@H]3CCc4cc(O)ccc4[C@H]3CC[C@@]12C. The summed E-state index contributed by atoms with van der Waals surface area (Å²) in [7, 11) is 1.92. The Morgan fingerprint density at radius 2 is 2.09 bits per heavy atom. The van der Waals surface area contributed by atoms with E-state index in [1.165, 1.54) is 42.5 Å². The van der Waals surface area contributed by atoms with Gasteiger partial charge in [0.2, 0.25) is 0 Å². The molecule has 0 spiro atoms. The monoisotopic (exact) mass is 298 g/mol. The molecule has 0 unspecified atom stereocenters. The maximum atomic E-state index is 9.75. The highest BCUT2D eigenvalue weighted by Crippen LogP contribution is 2.59. The fraction of sp³-hybridized carbons (Fsp3) is 0.632. The van der Waals surface area contributed by atoms with Gasteiger partial charge in [-0.25, -0.2) is 0 Å². The molecule has 0 aromatic heterocycles. The van der Waals surface area contributed by atoms with Gasteiger partial charge in [0.05, 0.1) is 0 Å². The molecule has 1 aromatic carbocycles. The lowest BCUT2D eigenvalue weighted by molar-refractivity contribution is 0.0954. The van der Waals surface area contributed by atoms with Crippen LogP contribution in [0.15, 0.2) is 23.3 Å². The molecule has 0 aliphatic heterocycles. The van der Waals surface area contributed by atoms with Gasteiger partial charge in [0.25, 0.3) is 0 Å². The average Bonchev–Trinajstić information content (AvgIpc) is 2.84. The first-order valence-electron chi connectivity index (χ1n) is 8.69. The van der Waals surface area contributed by atoms with Crippen LogP contribution in [-0.4, -0.2) is 17.9 Å². The molecule has 3 aliphatic carbocycles. The molecule has 118 valence electrons. The van der Waals surface area contributed by atoms with Crippen molar-refractivity contribution in [1.82, 2.24) is 5.43 Å². The molecule has 0 amide bonds. The molecule has 2 fully saturated rings. The van der Waals surface area contributed by atoms with Gasteiger partial charge in [-0.2, -0.15) is 5.10 Å². The summed E-state index contributed by atoms with van der Waals surface area (Å²) in [5, 5.41) is 14.4. The van der Waals surface area contributed by atoms with Crippen LogP contribution in [0.5, 0.6) is 5.75 Å². The smallest absolute Gasteiger partial charge is 0.115 e. The zero-order valence-corrected chi connectivity index (χ0v) is 13.6. The quantitative estimate of drug-likeness (QED) is 0.774. The number of phenolic OH excluding ortho intramolecular Hbond substituents is 1. The van der Waals surface area contributed by atoms with Gasteiger partial charge in [0.1, 0.15) is 5.75 Å². The number of rotatable bonds is 1. The second kappa shape index (κ2) is 5.00. The number of hydrogen-bond donors (Lipinski definition) is 2. The minimum absolute atomic E-state index is 0.304. The van der Waals surface area contributed by atoms with Crippen molar-refractivity contribution < 1.29 is 5.11 Å². The van der Waals surface area contributed by atoms with E-state index >= 15 is 0 Å². The van der Waals surface area contributed by atoms with Gasteiger partial charge in [0.15, 0.2) is 0 Å². The molecule has 0 saturated heterocycles. The first kappa shape index (κ1) is 14.1. The Hall–Kier alpha value is -1.51. The predicted octanol–water partition coefficient (Wildman–Crippen LogP) is 3.82. The number of hydrogen-bond acceptors (Lipinski definition) is 3. The number of aromatic hydroxyl groups is 1. The number of phenols is 1. The summed E-state index contributed by atoms with van der Waals surface area (Å²) in [6.07, 6.45) is 7.36. The molecule has 0 heterocycles. The molecule has 3 aliphatic rings. The van der Waals surface area contributed by atoms with Gasteiger partial charge in [-0.15, -0.1) is 0 Å². The molecule has 2 saturated carbocycles. The van der Waals surface area contributed by atoms with E-state index in [1.54, 1.807) is 0 Å². The molecule has 4 rings (SSSR count). The second-order valence-electron chi connectivity index (χ2n) is 7.58. The van der Waals surface area contributed by atoms with Crippen molar-refractivity contribution in [1.29, 1.82) is 0 Å². The molecular formula is C19H26N2O. The topological polar surface area (TPSA) is 44.6 Å². The van der Waals surface area contributed by atoms with Crippen molar-refractivity contribution in [3.8, 4) is 5.75 Å². The Bertz CT molecular complexity index is 624. The Labute approximate surface area is 132 Å². The zero-order valence-electron chi connectivity index (χ0n) is 13.6. The summed E-state index contributed by atoms with van der Waals surface area (Å²) in [6, 6.07) is 6.04. The minimum Gasteiger partial charge on any atom is -0.508 e. The lowest BCUT2D eigenvalue weighted by atomic mass is 9.55. The van der Waals surface area contributed by atoms with E-state index in [-0.39, 0.29) is 0 Å². The van der Waals surface area contributed by atoms with Crippen molar-refractivity contribution >= 4 is 5.71 Å². The van der Waals surface area contributed by atoms with Crippen LogP contribution < -0.4 is 5.43 Å². The van der Waals surface area contributed by atoms with Crippen LogP contribution in [0.3, 0.4) is 0 Å². The third-order valence-electron chi connectivity index (χ3n) is 6.70. The van der Waals surface area contributed by atoms with E-state index in [2.05, 4.69) is 23.5 Å². The van der Waals surface area contributed by atoms with E-state index < -0.39 is 0 Å². The highest BCUT2D eigenvalue weighted by molar-refractivity contribution is 5.92. The summed E-state index contributed by atoms with van der Waals surface area (Å²) >= 11 is 0. The van der Waals surface area contributed by atoms with E-state index in [4.69, 9.17) is 0 Å². The number of hydrazone groups is 1. The Kier molecular flexibility index (Phi) is 3.21. The predicted molar refractivity (Wildman–Crippen MR) is 89.2 cm³/mol. The van der Waals surface area contributed by atoms with Crippen LogP contribution in [0.25, 0.3) is 0 Å². The van der Waals surface area contributed by atoms with Crippen LogP contribution in [0, 0.1) is 17.3 Å². The van der Waals surface area contributed by atoms with Crippen LogP contribution in [0.4, 0.5) is 0 Å². The van der Waals surface area contributed by atoms with Crippen molar-refractivity contribution in [2.45, 2.75) is 51.4 Å². The standard InChI is InChI=1S/C19H26N2O/c1-19-10-9-15-14-6-4-13(22)11-12(14)3-5-16(15)17(19)7-8-18(19)21-20-2/h4,6,11,15-17,20,22H,3,5,7-10H2,1-2H3/b21-18-/t15-,16+,17+,19-/m1/s1. The van der Waals surface area contributed by atoms with E-state index in [9.17, 15) is 5.11 Å². The molecule has 0 bridgehead atoms. The highest BCUT2D eigenvalue weighted by Gasteiger charge is 2.53. The van der Waals surface area contributed by atoms with Crippen LogP contribution in [-0.2, 0) is 6.42 Å². The maximum absolute atomic E-state index is 9.75. The number of fused-ring (bicyclic) bond motifs is 5. The van der Waals surface area contributed by atoms with E-state index in [1.807, 2.05) is 19.2 Å². The number of benzene rings is 1. The van der Waals surface area contributed by atoms with Crippen molar-refractivity contribution in [3.63, 3.8) is 0 Å². The number of nitrogens with one attached hydrogen (secondary N) is 1. The normalized spacial score (nSPS) is 38.3. The Balaban J connectivity index is 1.69. The molecule has 0 radical (unpaired) electrons. The van der Waals surface area contributed by atoms with E-state index in [0.29, 0.717) is 17.1 Å². The molecule has 1 aromatic rings. The maximum Gasteiger partial charge on any atom is 0.115 e. The lowest BCUT2D eigenvalue weighted by Crippen LogP contribution is -2.42. The van der Waals surface area contributed by atoms with Crippen molar-refractivity contribution in [3.05, 3.63) is 29.3 Å². The molecule has 3 heteroatoms. The van der Waals surface area contributed by atoms with Gasteiger partial charge in [-0.1, -0.05) is 13.0 Å². The summed E-state index contributed by atoms with van der Waals surface area (Å²) in [5.74, 6) is 2.68. The van der Waals surface area contributed by atoms with Gasteiger partial charge in [0, 0.05) is 18.2 Å².